The van der Waals surface area contributed by atoms with Gasteiger partial charge in [0.1, 0.15) is 5.75 Å². The zero-order valence-electron chi connectivity index (χ0n) is 13.2. The van der Waals surface area contributed by atoms with Crippen LogP contribution in [-0.2, 0) is 6.54 Å². The molecule has 0 aromatic heterocycles. The quantitative estimate of drug-likeness (QED) is 0.828. The lowest BCUT2D eigenvalue weighted by Gasteiger charge is -2.29. The lowest BCUT2D eigenvalue weighted by molar-refractivity contribution is 0.277. The molecule has 1 N–H and O–H groups in total. The third-order valence-electron chi connectivity index (χ3n) is 4.60. The number of aryl methyl sites for hydroxylation is 1. The van der Waals surface area contributed by atoms with Crippen molar-refractivity contribution in [2.75, 3.05) is 7.11 Å². The SMILES string of the molecule is CCCC1CCC(NCc2ccc(OC)c(C)c2)CC1. The summed E-state index contributed by atoms with van der Waals surface area (Å²) >= 11 is 0. The van der Waals surface area contributed by atoms with Crippen molar-refractivity contribution in [3.05, 3.63) is 29.3 Å². The molecule has 1 fully saturated rings. The molecular formula is C18H29NO. The Balaban J connectivity index is 1.77. The van der Waals surface area contributed by atoms with Gasteiger partial charge in [-0.1, -0.05) is 31.9 Å². The van der Waals surface area contributed by atoms with Crippen molar-refractivity contribution in [3.63, 3.8) is 0 Å². The summed E-state index contributed by atoms with van der Waals surface area (Å²) in [6.07, 6.45) is 8.28. The summed E-state index contributed by atoms with van der Waals surface area (Å²) in [6.45, 7) is 5.39. The van der Waals surface area contributed by atoms with Crippen LogP contribution in [0, 0.1) is 12.8 Å². The normalized spacial score (nSPS) is 22.8. The lowest BCUT2D eigenvalue weighted by atomic mass is 9.83. The van der Waals surface area contributed by atoms with Gasteiger partial charge in [-0.3, -0.25) is 0 Å². The minimum Gasteiger partial charge on any atom is -0.496 e. The molecule has 112 valence electrons. The Morgan fingerprint density at radius 2 is 1.95 bits per heavy atom. The van der Waals surface area contributed by atoms with Crippen LogP contribution in [0.25, 0.3) is 0 Å². The van der Waals surface area contributed by atoms with Crippen LogP contribution in [-0.4, -0.2) is 13.2 Å². The van der Waals surface area contributed by atoms with Crippen LogP contribution in [0.3, 0.4) is 0 Å². The predicted molar refractivity (Wildman–Crippen MR) is 85.2 cm³/mol. The van der Waals surface area contributed by atoms with E-state index in [4.69, 9.17) is 4.74 Å². The summed E-state index contributed by atoms with van der Waals surface area (Å²) in [5, 5.41) is 3.72. The molecule has 1 aliphatic rings. The van der Waals surface area contributed by atoms with Gasteiger partial charge < -0.3 is 10.1 Å². The number of methoxy groups -OCH3 is 1. The van der Waals surface area contributed by atoms with E-state index >= 15 is 0 Å². The molecule has 0 amide bonds. The zero-order chi connectivity index (χ0) is 14.4. The van der Waals surface area contributed by atoms with Crippen molar-refractivity contribution >= 4 is 0 Å². The van der Waals surface area contributed by atoms with Crippen molar-refractivity contribution in [1.29, 1.82) is 0 Å². The van der Waals surface area contributed by atoms with Gasteiger partial charge in [0.05, 0.1) is 7.11 Å². The fourth-order valence-electron chi connectivity index (χ4n) is 3.38. The van der Waals surface area contributed by atoms with Gasteiger partial charge in [-0.05, 0) is 55.7 Å². The van der Waals surface area contributed by atoms with Crippen LogP contribution in [0.2, 0.25) is 0 Å². The van der Waals surface area contributed by atoms with Gasteiger partial charge in [-0.25, -0.2) is 0 Å². The maximum atomic E-state index is 5.31. The number of benzene rings is 1. The van der Waals surface area contributed by atoms with Crippen LogP contribution < -0.4 is 10.1 Å². The van der Waals surface area contributed by atoms with Gasteiger partial charge in [0, 0.05) is 12.6 Å². The minimum atomic E-state index is 0.713. The Labute approximate surface area is 123 Å². The van der Waals surface area contributed by atoms with E-state index in [0.717, 1.165) is 18.2 Å². The molecule has 2 nitrogen and oxygen atoms in total. The third-order valence-corrected chi connectivity index (χ3v) is 4.60. The van der Waals surface area contributed by atoms with Crippen molar-refractivity contribution in [2.24, 2.45) is 5.92 Å². The predicted octanol–water partition coefficient (Wildman–Crippen LogP) is 4.45. The van der Waals surface area contributed by atoms with E-state index < -0.39 is 0 Å². The number of hydrogen-bond acceptors (Lipinski definition) is 2. The second-order valence-corrected chi connectivity index (χ2v) is 6.19. The average Bonchev–Trinajstić information content (AvgIpc) is 2.47. The molecule has 1 saturated carbocycles. The third kappa shape index (κ3) is 4.24. The first-order valence-electron chi connectivity index (χ1n) is 8.09. The summed E-state index contributed by atoms with van der Waals surface area (Å²) in [5.74, 6) is 1.97. The minimum absolute atomic E-state index is 0.713. The number of hydrogen-bond donors (Lipinski definition) is 1. The van der Waals surface area contributed by atoms with Crippen LogP contribution in [0.4, 0.5) is 0 Å². The maximum Gasteiger partial charge on any atom is 0.121 e. The summed E-state index contributed by atoms with van der Waals surface area (Å²) in [5.41, 5.74) is 2.58. The summed E-state index contributed by atoms with van der Waals surface area (Å²) < 4.78 is 5.31. The summed E-state index contributed by atoms with van der Waals surface area (Å²) in [7, 11) is 1.73. The van der Waals surface area contributed by atoms with Crippen molar-refractivity contribution in [2.45, 2.75) is 65.0 Å². The van der Waals surface area contributed by atoms with Gasteiger partial charge in [-0.15, -0.1) is 0 Å². The molecule has 0 atom stereocenters. The first-order chi connectivity index (χ1) is 9.72. The fourth-order valence-corrected chi connectivity index (χ4v) is 3.38. The number of nitrogens with one attached hydrogen (secondary N) is 1. The molecule has 1 aliphatic carbocycles. The highest BCUT2D eigenvalue weighted by molar-refractivity contribution is 5.36. The van der Waals surface area contributed by atoms with Crippen molar-refractivity contribution in [1.82, 2.24) is 5.32 Å². The molecule has 0 unspecified atom stereocenters. The molecule has 2 rings (SSSR count). The van der Waals surface area contributed by atoms with Crippen LogP contribution >= 0.6 is 0 Å². The molecule has 0 heterocycles. The van der Waals surface area contributed by atoms with E-state index in [1.165, 1.54) is 49.7 Å². The molecule has 1 aromatic rings. The molecule has 2 heteroatoms. The zero-order valence-corrected chi connectivity index (χ0v) is 13.2. The highest BCUT2D eigenvalue weighted by Gasteiger charge is 2.19. The molecular weight excluding hydrogens is 246 g/mol. The highest BCUT2D eigenvalue weighted by Crippen LogP contribution is 2.28. The standard InChI is InChI=1S/C18H29NO/c1-4-5-15-6-9-17(10-7-15)19-13-16-8-11-18(20-3)14(2)12-16/h8,11-12,15,17,19H,4-7,9-10,13H2,1-3H3. The van der Waals surface area contributed by atoms with E-state index in [2.05, 4.69) is 37.4 Å². The Morgan fingerprint density at radius 1 is 1.20 bits per heavy atom. The Morgan fingerprint density at radius 3 is 2.55 bits per heavy atom. The smallest absolute Gasteiger partial charge is 0.121 e. The van der Waals surface area contributed by atoms with Gasteiger partial charge in [0.15, 0.2) is 0 Å². The molecule has 0 aliphatic heterocycles. The molecule has 1 aromatic carbocycles. The van der Waals surface area contributed by atoms with E-state index in [1.54, 1.807) is 7.11 Å². The molecule has 20 heavy (non-hydrogen) atoms. The van der Waals surface area contributed by atoms with Crippen LogP contribution in [0.5, 0.6) is 5.75 Å². The van der Waals surface area contributed by atoms with Gasteiger partial charge >= 0.3 is 0 Å². The van der Waals surface area contributed by atoms with E-state index in [9.17, 15) is 0 Å². The molecule has 0 saturated heterocycles. The van der Waals surface area contributed by atoms with E-state index in [0.29, 0.717) is 6.04 Å². The first-order valence-corrected chi connectivity index (χ1v) is 8.09. The first kappa shape index (κ1) is 15.4. The van der Waals surface area contributed by atoms with Crippen molar-refractivity contribution < 1.29 is 4.74 Å². The van der Waals surface area contributed by atoms with Crippen molar-refractivity contribution in [3.8, 4) is 5.75 Å². The highest BCUT2D eigenvalue weighted by atomic mass is 16.5. The number of rotatable bonds is 6. The Kier molecular flexibility index (Phi) is 5.90. The van der Waals surface area contributed by atoms with E-state index in [1.807, 2.05) is 0 Å². The molecule has 0 bridgehead atoms. The maximum absolute atomic E-state index is 5.31. The largest absolute Gasteiger partial charge is 0.496 e. The number of ether oxygens (including phenoxy) is 1. The fraction of sp³-hybridized carbons (Fsp3) is 0.667. The molecule has 0 spiro atoms. The Hall–Kier alpha value is -1.02. The second kappa shape index (κ2) is 7.68. The van der Waals surface area contributed by atoms with Gasteiger partial charge in [0.25, 0.3) is 0 Å². The van der Waals surface area contributed by atoms with Gasteiger partial charge in [-0.2, -0.15) is 0 Å². The van der Waals surface area contributed by atoms with Crippen LogP contribution in [0.15, 0.2) is 18.2 Å². The monoisotopic (exact) mass is 275 g/mol. The summed E-state index contributed by atoms with van der Waals surface area (Å²) in [4.78, 5) is 0. The Bertz CT molecular complexity index is 408. The van der Waals surface area contributed by atoms with E-state index in [-0.39, 0.29) is 0 Å². The summed E-state index contributed by atoms with van der Waals surface area (Å²) in [6, 6.07) is 7.19. The second-order valence-electron chi connectivity index (χ2n) is 6.19. The lowest BCUT2D eigenvalue weighted by Crippen LogP contribution is -2.32. The van der Waals surface area contributed by atoms with Gasteiger partial charge in [0.2, 0.25) is 0 Å². The van der Waals surface area contributed by atoms with Crippen LogP contribution in [0.1, 0.15) is 56.6 Å². The molecule has 0 radical (unpaired) electrons. The average molecular weight is 275 g/mol. The topological polar surface area (TPSA) is 21.3 Å².